The van der Waals surface area contributed by atoms with Crippen LogP contribution in [0.5, 0.6) is 5.75 Å². The summed E-state index contributed by atoms with van der Waals surface area (Å²) in [6.07, 6.45) is 2.14. The summed E-state index contributed by atoms with van der Waals surface area (Å²) in [6.45, 7) is 6.63. The van der Waals surface area contributed by atoms with Gasteiger partial charge in [0, 0.05) is 39.3 Å². The van der Waals surface area contributed by atoms with Crippen LogP contribution in [-0.2, 0) is 11.3 Å². The van der Waals surface area contributed by atoms with Gasteiger partial charge in [-0.05, 0) is 44.1 Å². The SMILES string of the molecule is COc1ccc(CN2CCC[C@H](C(=O)N3CCN(C)CC3)C2)cc1. The summed E-state index contributed by atoms with van der Waals surface area (Å²) in [5.74, 6) is 1.42. The third kappa shape index (κ3) is 4.28. The minimum absolute atomic E-state index is 0.167. The first-order valence-electron chi connectivity index (χ1n) is 8.98. The maximum atomic E-state index is 12.8. The monoisotopic (exact) mass is 331 g/mol. The fraction of sp³-hybridized carbons (Fsp3) is 0.632. The lowest BCUT2D eigenvalue weighted by Crippen LogP contribution is -2.51. The summed E-state index contributed by atoms with van der Waals surface area (Å²) in [7, 11) is 3.81. The fourth-order valence-electron chi connectivity index (χ4n) is 3.67. The Morgan fingerprint density at radius 3 is 2.50 bits per heavy atom. The number of likely N-dealkylation sites (N-methyl/N-ethyl adjacent to an activating group) is 1. The molecule has 2 aliphatic rings. The molecule has 0 saturated carbocycles. The zero-order chi connectivity index (χ0) is 16.9. The number of amides is 1. The first-order valence-corrected chi connectivity index (χ1v) is 8.98. The van der Waals surface area contributed by atoms with Gasteiger partial charge in [0.1, 0.15) is 5.75 Å². The Balaban J connectivity index is 1.54. The highest BCUT2D eigenvalue weighted by molar-refractivity contribution is 5.79. The van der Waals surface area contributed by atoms with Gasteiger partial charge in [-0.3, -0.25) is 9.69 Å². The van der Waals surface area contributed by atoms with E-state index in [1.165, 1.54) is 5.56 Å². The van der Waals surface area contributed by atoms with E-state index in [1.54, 1.807) is 7.11 Å². The van der Waals surface area contributed by atoms with Crippen LogP contribution >= 0.6 is 0 Å². The van der Waals surface area contributed by atoms with Gasteiger partial charge in [0.05, 0.1) is 13.0 Å². The minimum atomic E-state index is 0.167. The van der Waals surface area contributed by atoms with Gasteiger partial charge in [0.2, 0.25) is 5.91 Å². The Morgan fingerprint density at radius 1 is 1.12 bits per heavy atom. The topological polar surface area (TPSA) is 36.0 Å². The first-order chi connectivity index (χ1) is 11.7. The van der Waals surface area contributed by atoms with Crippen molar-refractivity contribution in [1.82, 2.24) is 14.7 Å². The van der Waals surface area contributed by atoms with E-state index in [1.807, 2.05) is 12.1 Å². The van der Waals surface area contributed by atoms with E-state index in [9.17, 15) is 4.79 Å². The van der Waals surface area contributed by atoms with Crippen LogP contribution in [0.25, 0.3) is 0 Å². The molecular weight excluding hydrogens is 302 g/mol. The number of piperazine rings is 1. The van der Waals surface area contributed by atoms with Crippen molar-refractivity contribution in [3.63, 3.8) is 0 Å². The van der Waals surface area contributed by atoms with Crippen LogP contribution < -0.4 is 4.74 Å². The molecule has 1 amide bonds. The molecule has 0 spiro atoms. The van der Waals surface area contributed by atoms with E-state index in [2.05, 4.69) is 33.9 Å². The van der Waals surface area contributed by atoms with Crippen molar-refractivity contribution in [2.75, 3.05) is 53.4 Å². The van der Waals surface area contributed by atoms with E-state index in [0.29, 0.717) is 5.91 Å². The van der Waals surface area contributed by atoms with Gasteiger partial charge in [0.25, 0.3) is 0 Å². The maximum absolute atomic E-state index is 12.8. The van der Waals surface area contributed by atoms with Gasteiger partial charge >= 0.3 is 0 Å². The van der Waals surface area contributed by atoms with Crippen molar-refractivity contribution in [2.24, 2.45) is 5.92 Å². The Labute approximate surface area is 145 Å². The molecule has 0 aliphatic carbocycles. The van der Waals surface area contributed by atoms with E-state index in [-0.39, 0.29) is 5.92 Å². The molecule has 2 saturated heterocycles. The number of carbonyl (C=O) groups is 1. The van der Waals surface area contributed by atoms with Crippen LogP contribution in [0.15, 0.2) is 24.3 Å². The Bertz CT molecular complexity index is 538. The lowest BCUT2D eigenvalue weighted by Gasteiger charge is -2.38. The van der Waals surface area contributed by atoms with E-state index >= 15 is 0 Å². The molecule has 5 nitrogen and oxygen atoms in total. The number of piperidine rings is 1. The summed E-state index contributed by atoms with van der Waals surface area (Å²) < 4.78 is 5.22. The van der Waals surface area contributed by atoms with Gasteiger partial charge in [-0.2, -0.15) is 0 Å². The summed E-state index contributed by atoms with van der Waals surface area (Å²) in [5, 5.41) is 0. The Morgan fingerprint density at radius 2 is 1.83 bits per heavy atom. The normalized spacial score (nSPS) is 23.2. The van der Waals surface area contributed by atoms with Gasteiger partial charge in [0.15, 0.2) is 0 Å². The van der Waals surface area contributed by atoms with E-state index in [0.717, 1.165) is 64.4 Å². The second-order valence-electron chi connectivity index (χ2n) is 7.05. The average molecular weight is 331 g/mol. The number of hydrogen-bond acceptors (Lipinski definition) is 4. The molecule has 3 rings (SSSR count). The number of methoxy groups -OCH3 is 1. The van der Waals surface area contributed by atoms with Crippen LogP contribution in [-0.4, -0.2) is 74.0 Å². The number of carbonyl (C=O) groups excluding carboxylic acids is 1. The highest BCUT2D eigenvalue weighted by Gasteiger charge is 2.30. The summed E-state index contributed by atoms with van der Waals surface area (Å²) in [5.41, 5.74) is 1.28. The number of nitrogens with zero attached hydrogens (tertiary/aromatic N) is 3. The molecule has 0 radical (unpaired) electrons. The van der Waals surface area contributed by atoms with Gasteiger partial charge in [-0.15, -0.1) is 0 Å². The third-order valence-electron chi connectivity index (χ3n) is 5.23. The lowest BCUT2D eigenvalue weighted by atomic mass is 9.95. The van der Waals surface area contributed by atoms with E-state index < -0.39 is 0 Å². The largest absolute Gasteiger partial charge is 0.497 e. The van der Waals surface area contributed by atoms with Crippen molar-refractivity contribution < 1.29 is 9.53 Å². The molecule has 0 unspecified atom stereocenters. The second kappa shape index (κ2) is 7.99. The molecular formula is C19H29N3O2. The van der Waals surface area contributed by atoms with Crippen LogP contribution in [0.3, 0.4) is 0 Å². The summed E-state index contributed by atoms with van der Waals surface area (Å²) in [4.78, 5) is 19.6. The summed E-state index contributed by atoms with van der Waals surface area (Å²) >= 11 is 0. The molecule has 2 aliphatic heterocycles. The molecule has 1 aromatic rings. The average Bonchev–Trinajstić information content (AvgIpc) is 2.63. The molecule has 0 N–H and O–H groups in total. The zero-order valence-electron chi connectivity index (χ0n) is 14.9. The molecule has 5 heteroatoms. The first kappa shape index (κ1) is 17.2. The number of ether oxygens (including phenoxy) is 1. The van der Waals surface area contributed by atoms with Crippen molar-refractivity contribution in [1.29, 1.82) is 0 Å². The molecule has 132 valence electrons. The van der Waals surface area contributed by atoms with Crippen LogP contribution in [0.4, 0.5) is 0 Å². The number of hydrogen-bond donors (Lipinski definition) is 0. The van der Waals surface area contributed by atoms with Gasteiger partial charge in [-0.1, -0.05) is 12.1 Å². The summed E-state index contributed by atoms with van der Waals surface area (Å²) in [6, 6.07) is 8.24. The number of rotatable bonds is 4. The molecule has 1 atom stereocenters. The molecule has 0 aromatic heterocycles. The highest BCUT2D eigenvalue weighted by Crippen LogP contribution is 2.22. The van der Waals surface area contributed by atoms with Crippen LogP contribution in [0, 0.1) is 5.92 Å². The highest BCUT2D eigenvalue weighted by atomic mass is 16.5. The third-order valence-corrected chi connectivity index (χ3v) is 5.23. The quantitative estimate of drug-likeness (QED) is 0.841. The lowest BCUT2D eigenvalue weighted by molar-refractivity contribution is -0.139. The van der Waals surface area contributed by atoms with Crippen molar-refractivity contribution in [2.45, 2.75) is 19.4 Å². The van der Waals surface area contributed by atoms with Crippen LogP contribution in [0.2, 0.25) is 0 Å². The predicted molar refractivity (Wildman–Crippen MR) is 95.1 cm³/mol. The Hall–Kier alpha value is -1.59. The number of likely N-dealkylation sites (tertiary alicyclic amines) is 1. The molecule has 0 bridgehead atoms. The fourth-order valence-corrected chi connectivity index (χ4v) is 3.67. The van der Waals surface area contributed by atoms with E-state index in [4.69, 9.17) is 4.74 Å². The van der Waals surface area contributed by atoms with Crippen molar-refractivity contribution in [3.05, 3.63) is 29.8 Å². The molecule has 2 heterocycles. The number of benzene rings is 1. The van der Waals surface area contributed by atoms with Gasteiger partial charge < -0.3 is 14.5 Å². The zero-order valence-corrected chi connectivity index (χ0v) is 14.9. The predicted octanol–water partition coefficient (Wildman–Crippen LogP) is 1.68. The smallest absolute Gasteiger partial charge is 0.227 e. The standard InChI is InChI=1S/C19H29N3O2/c1-20-10-12-22(13-11-20)19(23)17-4-3-9-21(15-17)14-16-5-7-18(24-2)8-6-16/h5-8,17H,3-4,9-15H2,1-2H3/t17-/m0/s1. The molecule has 24 heavy (non-hydrogen) atoms. The Kier molecular flexibility index (Phi) is 5.74. The molecule has 1 aromatic carbocycles. The van der Waals surface area contributed by atoms with Gasteiger partial charge in [-0.25, -0.2) is 0 Å². The van der Waals surface area contributed by atoms with Crippen molar-refractivity contribution in [3.8, 4) is 5.75 Å². The maximum Gasteiger partial charge on any atom is 0.227 e. The second-order valence-corrected chi connectivity index (χ2v) is 7.05. The van der Waals surface area contributed by atoms with Crippen LogP contribution in [0.1, 0.15) is 18.4 Å². The molecule has 2 fully saturated rings. The van der Waals surface area contributed by atoms with Crippen molar-refractivity contribution >= 4 is 5.91 Å². The minimum Gasteiger partial charge on any atom is -0.497 e.